The molecule has 0 aliphatic heterocycles. The molecule has 0 bridgehead atoms. The normalized spacial score (nSPS) is 24.9. The van der Waals surface area contributed by atoms with Crippen molar-refractivity contribution < 1.29 is 17.6 Å². The molecule has 0 spiro atoms. The number of halogens is 4. The standard InChI is InChI=1S/C16H21F4N/c1-2-10-4-3-5-11(8-10)15(21)12-6-7-14(17)13(9-12)16(18,19)20/h6-7,9-11,15H,2-5,8,21H2,1H3. The Hall–Kier alpha value is -1.10. The average Bonchev–Trinajstić information content (AvgIpc) is 2.46. The van der Waals surface area contributed by atoms with Crippen LogP contribution in [-0.4, -0.2) is 0 Å². The van der Waals surface area contributed by atoms with E-state index in [-0.39, 0.29) is 5.92 Å². The second-order valence-electron chi connectivity index (χ2n) is 5.96. The van der Waals surface area contributed by atoms with Crippen molar-refractivity contribution in [3.05, 3.63) is 35.1 Å². The third-order valence-electron chi connectivity index (χ3n) is 4.59. The molecule has 21 heavy (non-hydrogen) atoms. The quantitative estimate of drug-likeness (QED) is 0.776. The molecule has 1 aromatic rings. The minimum Gasteiger partial charge on any atom is -0.324 e. The molecule has 5 heteroatoms. The van der Waals surface area contributed by atoms with Crippen molar-refractivity contribution in [2.75, 3.05) is 0 Å². The molecule has 2 N–H and O–H groups in total. The van der Waals surface area contributed by atoms with E-state index in [0.29, 0.717) is 11.5 Å². The molecular formula is C16H21F4N. The van der Waals surface area contributed by atoms with Gasteiger partial charge in [-0.05, 0) is 42.4 Å². The summed E-state index contributed by atoms with van der Waals surface area (Å²) in [6, 6.07) is 2.67. The molecule has 3 atom stereocenters. The van der Waals surface area contributed by atoms with Gasteiger partial charge in [-0.2, -0.15) is 13.2 Å². The minimum absolute atomic E-state index is 0.176. The predicted molar refractivity (Wildman–Crippen MR) is 74.1 cm³/mol. The van der Waals surface area contributed by atoms with Crippen LogP contribution >= 0.6 is 0 Å². The number of rotatable bonds is 3. The highest BCUT2D eigenvalue weighted by atomic mass is 19.4. The van der Waals surface area contributed by atoms with E-state index >= 15 is 0 Å². The van der Waals surface area contributed by atoms with E-state index in [1.165, 1.54) is 6.07 Å². The Morgan fingerprint density at radius 2 is 2.00 bits per heavy atom. The molecule has 118 valence electrons. The molecule has 1 aliphatic rings. The van der Waals surface area contributed by atoms with Gasteiger partial charge in [-0.25, -0.2) is 4.39 Å². The highest BCUT2D eigenvalue weighted by molar-refractivity contribution is 5.29. The zero-order valence-electron chi connectivity index (χ0n) is 12.1. The Morgan fingerprint density at radius 3 is 2.62 bits per heavy atom. The Labute approximate surface area is 122 Å². The molecule has 0 heterocycles. The highest BCUT2D eigenvalue weighted by Crippen LogP contribution is 2.39. The summed E-state index contributed by atoms with van der Waals surface area (Å²) in [5, 5.41) is 0. The highest BCUT2D eigenvalue weighted by Gasteiger charge is 2.35. The first-order valence-electron chi connectivity index (χ1n) is 7.45. The van der Waals surface area contributed by atoms with Crippen molar-refractivity contribution in [2.24, 2.45) is 17.6 Å². The van der Waals surface area contributed by atoms with Crippen molar-refractivity contribution >= 4 is 0 Å². The van der Waals surface area contributed by atoms with Crippen LogP contribution in [0.2, 0.25) is 0 Å². The first kappa shape index (κ1) is 16.3. The smallest absolute Gasteiger partial charge is 0.324 e. The summed E-state index contributed by atoms with van der Waals surface area (Å²) in [7, 11) is 0. The molecule has 1 saturated carbocycles. The van der Waals surface area contributed by atoms with Crippen molar-refractivity contribution in [1.82, 2.24) is 0 Å². The van der Waals surface area contributed by atoms with Crippen molar-refractivity contribution in [1.29, 1.82) is 0 Å². The Kier molecular flexibility index (Phi) is 4.91. The van der Waals surface area contributed by atoms with Crippen LogP contribution in [0.4, 0.5) is 17.6 Å². The lowest BCUT2D eigenvalue weighted by Crippen LogP contribution is -2.27. The van der Waals surface area contributed by atoms with Gasteiger partial charge in [0, 0.05) is 6.04 Å². The van der Waals surface area contributed by atoms with Gasteiger partial charge >= 0.3 is 6.18 Å². The van der Waals surface area contributed by atoms with Gasteiger partial charge in [0.25, 0.3) is 0 Å². The molecule has 1 aromatic carbocycles. The van der Waals surface area contributed by atoms with Crippen LogP contribution < -0.4 is 5.73 Å². The number of alkyl halides is 3. The summed E-state index contributed by atoms with van der Waals surface area (Å²) in [5.41, 5.74) is 5.32. The van der Waals surface area contributed by atoms with Crippen LogP contribution in [0.3, 0.4) is 0 Å². The summed E-state index contributed by atoms with van der Waals surface area (Å²) < 4.78 is 51.6. The maximum Gasteiger partial charge on any atom is 0.419 e. The topological polar surface area (TPSA) is 26.0 Å². The SMILES string of the molecule is CCC1CCCC(C(N)c2ccc(F)c(C(F)(F)F)c2)C1. The molecule has 0 aromatic heterocycles. The van der Waals surface area contributed by atoms with Gasteiger partial charge in [-0.3, -0.25) is 0 Å². The van der Waals surface area contributed by atoms with Crippen LogP contribution in [0.5, 0.6) is 0 Å². The summed E-state index contributed by atoms with van der Waals surface area (Å²) in [5.74, 6) is -0.471. The molecule has 0 radical (unpaired) electrons. The molecule has 1 fully saturated rings. The fourth-order valence-corrected chi connectivity index (χ4v) is 3.27. The molecule has 1 nitrogen and oxygen atoms in total. The lowest BCUT2D eigenvalue weighted by molar-refractivity contribution is -0.140. The molecule has 0 saturated heterocycles. The molecular weight excluding hydrogens is 282 g/mol. The third kappa shape index (κ3) is 3.76. The van der Waals surface area contributed by atoms with Gasteiger partial charge in [-0.15, -0.1) is 0 Å². The van der Waals surface area contributed by atoms with Gasteiger partial charge in [0.1, 0.15) is 5.82 Å². The van der Waals surface area contributed by atoms with E-state index in [2.05, 4.69) is 6.92 Å². The zero-order chi connectivity index (χ0) is 15.6. The second-order valence-corrected chi connectivity index (χ2v) is 5.96. The van der Waals surface area contributed by atoms with E-state index in [1.54, 1.807) is 0 Å². The molecule has 1 aliphatic carbocycles. The van der Waals surface area contributed by atoms with Crippen LogP contribution in [-0.2, 0) is 6.18 Å². The number of nitrogens with two attached hydrogens (primary N) is 1. The van der Waals surface area contributed by atoms with E-state index in [4.69, 9.17) is 5.73 Å². The van der Waals surface area contributed by atoms with Crippen molar-refractivity contribution in [3.8, 4) is 0 Å². The second kappa shape index (κ2) is 6.34. The average molecular weight is 303 g/mol. The first-order chi connectivity index (χ1) is 9.82. The van der Waals surface area contributed by atoms with Gasteiger partial charge in [0.05, 0.1) is 5.56 Å². The minimum atomic E-state index is -4.68. The summed E-state index contributed by atoms with van der Waals surface area (Å²) >= 11 is 0. The lowest BCUT2D eigenvalue weighted by atomic mass is 9.75. The summed E-state index contributed by atoms with van der Waals surface area (Å²) in [4.78, 5) is 0. The molecule has 0 amide bonds. The largest absolute Gasteiger partial charge is 0.419 e. The van der Waals surface area contributed by atoms with Crippen molar-refractivity contribution in [2.45, 2.75) is 51.2 Å². The Bertz CT molecular complexity index is 484. The fraction of sp³-hybridized carbons (Fsp3) is 0.625. The third-order valence-corrected chi connectivity index (χ3v) is 4.59. The van der Waals surface area contributed by atoms with Crippen LogP contribution in [0.15, 0.2) is 18.2 Å². The van der Waals surface area contributed by atoms with E-state index in [0.717, 1.165) is 44.2 Å². The van der Waals surface area contributed by atoms with Gasteiger partial charge in [-0.1, -0.05) is 32.3 Å². The fourth-order valence-electron chi connectivity index (χ4n) is 3.27. The van der Waals surface area contributed by atoms with E-state index in [9.17, 15) is 17.6 Å². The van der Waals surface area contributed by atoms with Gasteiger partial charge in [0.2, 0.25) is 0 Å². The molecule has 2 rings (SSSR count). The van der Waals surface area contributed by atoms with Crippen LogP contribution in [0.25, 0.3) is 0 Å². The summed E-state index contributed by atoms with van der Waals surface area (Å²) in [6.07, 6.45) is 0.479. The predicted octanol–water partition coefficient (Wildman–Crippen LogP) is 5.06. The van der Waals surface area contributed by atoms with Gasteiger partial charge < -0.3 is 5.73 Å². The Morgan fingerprint density at radius 1 is 1.29 bits per heavy atom. The van der Waals surface area contributed by atoms with E-state index < -0.39 is 23.6 Å². The van der Waals surface area contributed by atoms with Crippen LogP contribution in [0.1, 0.15) is 56.2 Å². The first-order valence-corrected chi connectivity index (χ1v) is 7.45. The van der Waals surface area contributed by atoms with Gasteiger partial charge in [0.15, 0.2) is 0 Å². The molecule has 3 unspecified atom stereocenters. The maximum absolute atomic E-state index is 13.3. The maximum atomic E-state index is 13.3. The summed E-state index contributed by atoms with van der Waals surface area (Å²) in [6.45, 7) is 2.12. The lowest BCUT2D eigenvalue weighted by Gasteiger charge is -2.32. The monoisotopic (exact) mass is 303 g/mol. The van der Waals surface area contributed by atoms with Crippen LogP contribution in [0, 0.1) is 17.7 Å². The Balaban J connectivity index is 2.21. The zero-order valence-corrected chi connectivity index (χ0v) is 12.1. The number of hydrogen-bond acceptors (Lipinski definition) is 1. The number of benzene rings is 1. The van der Waals surface area contributed by atoms with E-state index in [1.807, 2.05) is 0 Å². The van der Waals surface area contributed by atoms with Crippen molar-refractivity contribution in [3.63, 3.8) is 0 Å². The number of hydrogen-bond donors (Lipinski definition) is 1.